The van der Waals surface area contributed by atoms with E-state index < -0.39 is 21.1 Å². The summed E-state index contributed by atoms with van der Waals surface area (Å²) in [5.41, 5.74) is 5.32. The lowest BCUT2D eigenvalue weighted by molar-refractivity contribution is 0.0738. The van der Waals surface area contributed by atoms with Crippen molar-refractivity contribution in [3.8, 4) is 0 Å². The molecule has 8 nitrogen and oxygen atoms in total. The molecule has 1 fully saturated rings. The van der Waals surface area contributed by atoms with Gasteiger partial charge < -0.3 is 10.6 Å². The zero-order chi connectivity index (χ0) is 13.3. The second-order valence-corrected chi connectivity index (χ2v) is 7.25. The smallest absolute Gasteiger partial charge is 0.292 e. The first-order chi connectivity index (χ1) is 8.39. The summed E-state index contributed by atoms with van der Waals surface area (Å²) in [6.07, 6.45) is 1.12. The Balaban J connectivity index is 2.27. The van der Waals surface area contributed by atoms with Gasteiger partial charge in [0.2, 0.25) is 11.8 Å². The maximum absolute atomic E-state index is 12.1. The zero-order valence-corrected chi connectivity index (χ0v) is 11.3. The first kappa shape index (κ1) is 13.1. The number of hydrogen-bond acceptors (Lipinski definition) is 7. The predicted octanol–water partition coefficient (Wildman–Crippen LogP) is -1.05. The highest BCUT2D eigenvalue weighted by Crippen LogP contribution is 2.21. The Bertz CT molecular complexity index is 555. The Morgan fingerprint density at radius 3 is 2.89 bits per heavy atom. The van der Waals surface area contributed by atoms with Crippen LogP contribution in [0.15, 0.2) is 0 Å². The van der Waals surface area contributed by atoms with E-state index >= 15 is 0 Å². The fraction of sp³-hybridized carbons (Fsp3) is 0.625. The largest absolute Gasteiger partial charge is 0.366 e. The molecule has 10 heteroatoms. The van der Waals surface area contributed by atoms with Crippen LogP contribution in [-0.4, -0.2) is 64.1 Å². The van der Waals surface area contributed by atoms with E-state index in [1.54, 1.807) is 0 Å². The Kier molecular flexibility index (Phi) is 3.48. The van der Waals surface area contributed by atoms with Gasteiger partial charge in [0, 0.05) is 24.3 Å². The van der Waals surface area contributed by atoms with Crippen LogP contribution in [0.3, 0.4) is 0 Å². The summed E-state index contributed by atoms with van der Waals surface area (Å²) < 4.78 is 23.3. The molecule has 1 saturated heterocycles. The fourth-order valence-corrected chi connectivity index (χ4v) is 4.49. The van der Waals surface area contributed by atoms with E-state index in [4.69, 9.17) is 5.73 Å². The first-order valence-corrected chi connectivity index (χ1v) is 8.26. The van der Waals surface area contributed by atoms with Gasteiger partial charge in [0.15, 0.2) is 9.84 Å². The van der Waals surface area contributed by atoms with E-state index in [2.05, 4.69) is 15.2 Å². The molecule has 1 aliphatic rings. The maximum atomic E-state index is 12.1. The minimum absolute atomic E-state index is 0.0342. The summed E-state index contributed by atoms with van der Waals surface area (Å²) in [5.74, 6) is 0.499. The number of rotatable bonds is 2. The van der Waals surface area contributed by atoms with Gasteiger partial charge in [0.05, 0.1) is 0 Å². The topological polar surface area (TPSA) is 122 Å². The van der Waals surface area contributed by atoms with Gasteiger partial charge in [-0.2, -0.15) is 16.7 Å². The third-order valence-electron chi connectivity index (χ3n) is 2.54. The molecule has 2 heterocycles. The van der Waals surface area contributed by atoms with Crippen LogP contribution < -0.4 is 5.73 Å². The second-order valence-electron chi connectivity index (χ2n) is 3.90. The Hall–Kier alpha value is -1.29. The van der Waals surface area contributed by atoms with Gasteiger partial charge in [-0.25, -0.2) is 8.42 Å². The summed E-state index contributed by atoms with van der Waals surface area (Å²) >= 11 is 1.51. The van der Waals surface area contributed by atoms with Crippen molar-refractivity contribution < 1.29 is 13.2 Å². The fourth-order valence-electron chi connectivity index (χ4n) is 1.67. The molecule has 0 radical (unpaired) electrons. The van der Waals surface area contributed by atoms with E-state index in [1.165, 1.54) is 16.7 Å². The number of H-pyrrole nitrogens is 1. The highest BCUT2D eigenvalue weighted by Gasteiger charge is 2.35. The van der Waals surface area contributed by atoms with Crippen LogP contribution in [0.25, 0.3) is 0 Å². The number of hydrogen-bond donors (Lipinski definition) is 2. The molecule has 1 aliphatic heterocycles. The van der Waals surface area contributed by atoms with E-state index in [9.17, 15) is 13.2 Å². The standard InChI is InChI=1S/C8H13N5O3S2/c1-18(15,16)5-4-17-3-2-13(5)7(14)6-10-8(9)12-11-6/h5H,2-4H2,1H3,(H3,9,10,11,12). The molecule has 0 bridgehead atoms. The number of aromatic amines is 1. The number of anilines is 1. The molecular formula is C8H13N5O3S2. The summed E-state index contributed by atoms with van der Waals surface area (Å²) in [7, 11) is -3.33. The van der Waals surface area contributed by atoms with Crippen LogP contribution in [0.4, 0.5) is 5.95 Å². The number of carbonyl (C=O) groups excluding carboxylic acids is 1. The van der Waals surface area contributed by atoms with Gasteiger partial charge in [-0.1, -0.05) is 0 Å². The Morgan fingerprint density at radius 1 is 1.61 bits per heavy atom. The number of sulfone groups is 1. The molecule has 3 N–H and O–H groups in total. The molecule has 1 unspecified atom stereocenters. The van der Waals surface area contributed by atoms with E-state index in [0.717, 1.165) is 6.26 Å². The van der Waals surface area contributed by atoms with Crippen molar-refractivity contribution in [3.63, 3.8) is 0 Å². The third-order valence-corrected chi connectivity index (χ3v) is 5.19. The number of amides is 1. The number of carbonyl (C=O) groups is 1. The van der Waals surface area contributed by atoms with Crippen LogP contribution in [-0.2, 0) is 9.84 Å². The van der Waals surface area contributed by atoms with Crippen molar-refractivity contribution in [1.29, 1.82) is 0 Å². The third kappa shape index (κ3) is 2.58. The highest BCUT2D eigenvalue weighted by atomic mass is 32.2. The number of nitrogens with one attached hydrogen (secondary N) is 1. The van der Waals surface area contributed by atoms with E-state index in [-0.39, 0.29) is 11.8 Å². The minimum atomic E-state index is -3.33. The van der Waals surface area contributed by atoms with Gasteiger partial charge in [-0.15, -0.1) is 5.10 Å². The van der Waals surface area contributed by atoms with Gasteiger partial charge in [-0.3, -0.25) is 9.89 Å². The van der Waals surface area contributed by atoms with Crippen LogP contribution in [0, 0.1) is 0 Å². The molecule has 0 aliphatic carbocycles. The number of nitrogens with zero attached hydrogens (tertiary/aromatic N) is 3. The summed E-state index contributed by atoms with van der Waals surface area (Å²) in [5, 5.41) is 5.13. The molecule has 2 rings (SSSR count). The Labute approximate surface area is 108 Å². The number of nitrogen functional groups attached to an aromatic ring is 1. The molecule has 1 atom stereocenters. The average Bonchev–Trinajstić information content (AvgIpc) is 2.74. The lowest BCUT2D eigenvalue weighted by Crippen LogP contribution is -2.50. The zero-order valence-electron chi connectivity index (χ0n) is 9.66. The minimum Gasteiger partial charge on any atom is -0.366 e. The number of thioether (sulfide) groups is 1. The summed E-state index contributed by atoms with van der Waals surface area (Å²) in [6.45, 7) is 0.363. The van der Waals surface area contributed by atoms with Crippen molar-refractivity contribution in [2.45, 2.75) is 5.37 Å². The molecule has 18 heavy (non-hydrogen) atoms. The normalized spacial score (nSPS) is 20.9. The second kappa shape index (κ2) is 4.76. The van der Waals surface area contributed by atoms with Gasteiger partial charge in [-0.05, 0) is 0 Å². The maximum Gasteiger partial charge on any atom is 0.292 e. The number of aromatic nitrogens is 3. The lowest BCUT2D eigenvalue weighted by Gasteiger charge is -2.33. The molecule has 0 saturated carbocycles. The SMILES string of the molecule is CS(=O)(=O)C1CSCCN1C(=O)c1nc(N)n[nH]1. The van der Waals surface area contributed by atoms with Gasteiger partial charge >= 0.3 is 0 Å². The summed E-state index contributed by atoms with van der Waals surface area (Å²) in [4.78, 5) is 17.2. The number of nitrogens with two attached hydrogens (primary N) is 1. The quantitative estimate of drug-likeness (QED) is 0.712. The molecule has 0 spiro atoms. The van der Waals surface area contributed by atoms with Crippen molar-refractivity contribution in [3.05, 3.63) is 5.82 Å². The molecular weight excluding hydrogens is 278 g/mol. The molecule has 1 aromatic rings. The average molecular weight is 291 g/mol. The monoisotopic (exact) mass is 291 g/mol. The van der Waals surface area contributed by atoms with Crippen molar-refractivity contribution in [2.24, 2.45) is 0 Å². The molecule has 1 aromatic heterocycles. The van der Waals surface area contributed by atoms with E-state index in [0.29, 0.717) is 18.1 Å². The van der Waals surface area contributed by atoms with Crippen LogP contribution in [0.1, 0.15) is 10.6 Å². The van der Waals surface area contributed by atoms with Crippen LogP contribution in [0.5, 0.6) is 0 Å². The molecule has 1 amide bonds. The van der Waals surface area contributed by atoms with Crippen molar-refractivity contribution >= 4 is 33.5 Å². The predicted molar refractivity (Wildman–Crippen MR) is 67.8 cm³/mol. The first-order valence-electron chi connectivity index (χ1n) is 5.15. The summed E-state index contributed by atoms with van der Waals surface area (Å²) in [6, 6.07) is 0. The van der Waals surface area contributed by atoms with Crippen molar-refractivity contribution in [1.82, 2.24) is 20.1 Å². The molecule has 100 valence electrons. The van der Waals surface area contributed by atoms with Crippen LogP contribution in [0.2, 0.25) is 0 Å². The Morgan fingerprint density at radius 2 is 2.33 bits per heavy atom. The van der Waals surface area contributed by atoms with E-state index in [1.807, 2.05) is 0 Å². The van der Waals surface area contributed by atoms with Gasteiger partial charge in [0.1, 0.15) is 5.37 Å². The lowest BCUT2D eigenvalue weighted by atomic mass is 10.4. The van der Waals surface area contributed by atoms with Crippen molar-refractivity contribution in [2.75, 3.05) is 30.0 Å². The molecule has 0 aromatic carbocycles. The van der Waals surface area contributed by atoms with Crippen LogP contribution >= 0.6 is 11.8 Å². The highest BCUT2D eigenvalue weighted by molar-refractivity contribution is 8.00. The van der Waals surface area contributed by atoms with Gasteiger partial charge in [0.25, 0.3) is 5.91 Å².